The van der Waals surface area contributed by atoms with Crippen molar-refractivity contribution in [2.45, 2.75) is 18.4 Å². The number of hydrogen-bond donors (Lipinski definition) is 2. The Hall–Kier alpha value is -3.48. The number of benzene rings is 3. The molecule has 3 rings (SSSR count). The normalized spacial score (nSPS) is 13.2. The molecule has 0 bridgehead atoms. The van der Waals surface area contributed by atoms with Crippen LogP contribution in [-0.4, -0.2) is 12.3 Å². The molecule has 0 aromatic heterocycles. The van der Waals surface area contributed by atoms with E-state index < -0.39 is 17.9 Å². The number of hydrogen-bond acceptors (Lipinski definition) is 3. The van der Waals surface area contributed by atoms with Crippen molar-refractivity contribution in [3.63, 3.8) is 0 Å². The summed E-state index contributed by atoms with van der Waals surface area (Å²) < 4.78 is 48.1. The van der Waals surface area contributed by atoms with Crippen molar-refractivity contribution in [2.75, 3.05) is 5.32 Å². The van der Waals surface area contributed by atoms with Gasteiger partial charge in [-0.15, -0.1) is 0 Å². The van der Waals surface area contributed by atoms with Crippen LogP contribution in [0.1, 0.15) is 11.1 Å². The Morgan fingerprint density at radius 1 is 0.793 bits per heavy atom. The molecule has 29 heavy (non-hydrogen) atoms. The predicted octanol–water partition coefficient (Wildman–Crippen LogP) is 5.44. The van der Waals surface area contributed by atoms with Gasteiger partial charge in [0.25, 0.3) is 0 Å². The second-order valence-corrected chi connectivity index (χ2v) is 6.29. The van der Waals surface area contributed by atoms with E-state index in [1.807, 2.05) is 5.32 Å². The summed E-state index contributed by atoms with van der Waals surface area (Å²) in [6.07, 6.45) is -6.06. The molecule has 3 aromatic carbocycles. The summed E-state index contributed by atoms with van der Waals surface area (Å²) in [6, 6.07) is 23.7. The van der Waals surface area contributed by atoms with Crippen molar-refractivity contribution in [3.05, 3.63) is 102 Å². The first-order valence-electron chi connectivity index (χ1n) is 8.85. The minimum Gasteiger partial charge on any atom is -0.445 e. The largest absolute Gasteiger partial charge is 0.445 e. The maximum Gasteiger partial charge on any atom is 0.435 e. The third kappa shape index (κ3) is 4.87. The van der Waals surface area contributed by atoms with E-state index in [9.17, 15) is 18.0 Å². The number of carbonyl (C=O) groups excluding carboxylic acids is 1. The van der Waals surface area contributed by atoms with Gasteiger partial charge in [0.2, 0.25) is 5.66 Å². The molecule has 1 unspecified atom stereocenters. The molecule has 0 aliphatic heterocycles. The standard InChI is InChI=1S/C22H19F3N2O2/c23-22(24,25)21(18-12-6-2-7-13-18,26-19-14-8-3-9-15-19)27-20(28)29-16-17-10-4-1-5-11-17/h1-15,26H,16H2,(H,27,28). The van der Waals surface area contributed by atoms with Crippen LogP contribution < -0.4 is 10.6 Å². The molecule has 0 radical (unpaired) electrons. The fourth-order valence-electron chi connectivity index (χ4n) is 2.82. The molecule has 150 valence electrons. The Morgan fingerprint density at radius 2 is 1.31 bits per heavy atom. The molecule has 0 aliphatic carbocycles. The van der Waals surface area contributed by atoms with Crippen LogP contribution in [0.3, 0.4) is 0 Å². The minimum absolute atomic E-state index is 0.152. The molecule has 0 saturated heterocycles. The van der Waals surface area contributed by atoms with E-state index in [2.05, 4.69) is 5.32 Å². The van der Waals surface area contributed by atoms with Gasteiger partial charge in [0, 0.05) is 11.3 Å². The van der Waals surface area contributed by atoms with Crippen LogP contribution in [0.15, 0.2) is 91.0 Å². The number of para-hydroxylation sites is 1. The number of rotatable bonds is 6. The molecule has 0 aliphatic rings. The second kappa shape index (κ2) is 8.68. The first-order chi connectivity index (χ1) is 13.9. The van der Waals surface area contributed by atoms with Crippen LogP contribution in [0.2, 0.25) is 0 Å². The third-order valence-corrected chi connectivity index (χ3v) is 4.24. The summed E-state index contributed by atoms with van der Waals surface area (Å²) in [7, 11) is 0. The van der Waals surface area contributed by atoms with E-state index in [1.54, 1.807) is 54.6 Å². The number of nitrogens with one attached hydrogen (secondary N) is 2. The lowest BCUT2D eigenvalue weighted by Crippen LogP contribution is -2.61. The van der Waals surface area contributed by atoms with Gasteiger partial charge in [0.1, 0.15) is 6.61 Å². The van der Waals surface area contributed by atoms with Gasteiger partial charge in [-0.3, -0.25) is 5.32 Å². The zero-order valence-corrected chi connectivity index (χ0v) is 15.3. The van der Waals surface area contributed by atoms with Gasteiger partial charge in [0.05, 0.1) is 0 Å². The van der Waals surface area contributed by atoms with Crippen molar-refractivity contribution in [1.82, 2.24) is 5.32 Å². The fourth-order valence-corrected chi connectivity index (χ4v) is 2.82. The maximum atomic E-state index is 14.3. The van der Waals surface area contributed by atoms with Crippen LogP contribution in [-0.2, 0) is 17.0 Å². The molecule has 0 saturated carbocycles. The predicted molar refractivity (Wildman–Crippen MR) is 104 cm³/mol. The Kier molecular flexibility index (Phi) is 6.07. The maximum absolute atomic E-state index is 14.3. The number of amides is 1. The lowest BCUT2D eigenvalue weighted by molar-refractivity contribution is -0.189. The summed E-state index contributed by atoms with van der Waals surface area (Å²) in [6.45, 7) is -0.152. The minimum atomic E-state index is -4.87. The Morgan fingerprint density at radius 3 is 1.86 bits per heavy atom. The topological polar surface area (TPSA) is 50.4 Å². The smallest absolute Gasteiger partial charge is 0.435 e. The van der Waals surface area contributed by atoms with Crippen LogP contribution in [0.25, 0.3) is 0 Å². The Labute approximate surface area is 166 Å². The van der Waals surface area contributed by atoms with Crippen LogP contribution in [0, 0.1) is 0 Å². The van der Waals surface area contributed by atoms with Crippen LogP contribution in [0.4, 0.5) is 23.7 Å². The molecule has 3 aromatic rings. The van der Waals surface area contributed by atoms with Gasteiger partial charge in [0.15, 0.2) is 0 Å². The van der Waals surface area contributed by atoms with E-state index >= 15 is 0 Å². The van der Waals surface area contributed by atoms with E-state index in [-0.39, 0.29) is 17.9 Å². The van der Waals surface area contributed by atoms with Crippen molar-refractivity contribution < 1.29 is 22.7 Å². The zero-order chi connectivity index (χ0) is 20.7. The van der Waals surface area contributed by atoms with Crippen LogP contribution in [0.5, 0.6) is 0 Å². The number of carbonyl (C=O) groups is 1. The highest BCUT2D eigenvalue weighted by molar-refractivity contribution is 5.70. The monoisotopic (exact) mass is 400 g/mol. The Bertz CT molecular complexity index is 919. The summed E-state index contributed by atoms with van der Waals surface area (Å²) in [5, 5.41) is 4.45. The molecular weight excluding hydrogens is 381 g/mol. The summed E-state index contributed by atoms with van der Waals surface area (Å²) in [5.41, 5.74) is -2.19. The third-order valence-electron chi connectivity index (χ3n) is 4.24. The lowest BCUT2D eigenvalue weighted by atomic mass is 9.98. The average molecular weight is 400 g/mol. The van der Waals surface area contributed by atoms with Gasteiger partial charge in [-0.1, -0.05) is 78.9 Å². The van der Waals surface area contributed by atoms with E-state index in [1.165, 1.54) is 36.4 Å². The highest BCUT2D eigenvalue weighted by Gasteiger charge is 2.58. The van der Waals surface area contributed by atoms with Gasteiger partial charge < -0.3 is 10.1 Å². The van der Waals surface area contributed by atoms with Gasteiger partial charge in [-0.25, -0.2) is 4.79 Å². The number of anilines is 1. The molecule has 1 amide bonds. The van der Waals surface area contributed by atoms with Crippen molar-refractivity contribution in [1.29, 1.82) is 0 Å². The summed E-state index contributed by atoms with van der Waals surface area (Å²) >= 11 is 0. The van der Waals surface area contributed by atoms with E-state index in [4.69, 9.17) is 4.74 Å². The molecule has 0 spiro atoms. The van der Waals surface area contributed by atoms with Crippen molar-refractivity contribution >= 4 is 11.8 Å². The number of ether oxygens (including phenoxy) is 1. The summed E-state index contributed by atoms with van der Waals surface area (Å²) in [4.78, 5) is 12.4. The first kappa shape index (κ1) is 20.3. The lowest BCUT2D eigenvalue weighted by Gasteiger charge is -2.38. The molecule has 2 N–H and O–H groups in total. The molecular formula is C22H19F3N2O2. The van der Waals surface area contributed by atoms with E-state index in [0.717, 1.165) is 0 Å². The van der Waals surface area contributed by atoms with Gasteiger partial charge in [-0.2, -0.15) is 13.2 Å². The van der Waals surface area contributed by atoms with Crippen LogP contribution >= 0.6 is 0 Å². The van der Waals surface area contributed by atoms with Gasteiger partial charge >= 0.3 is 12.3 Å². The number of alkyl halides is 3. The molecule has 7 heteroatoms. The highest BCUT2D eigenvalue weighted by Crippen LogP contribution is 2.39. The molecule has 0 heterocycles. The Balaban J connectivity index is 1.91. The average Bonchev–Trinajstić information content (AvgIpc) is 2.73. The quantitative estimate of drug-likeness (QED) is 0.542. The first-order valence-corrected chi connectivity index (χ1v) is 8.85. The van der Waals surface area contributed by atoms with Crippen molar-refractivity contribution in [3.8, 4) is 0 Å². The summed E-state index contributed by atoms with van der Waals surface area (Å²) in [5.74, 6) is 0. The number of halogens is 3. The SMILES string of the molecule is O=C(NC(Nc1ccccc1)(c1ccccc1)C(F)(F)F)OCc1ccccc1. The highest BCUT2D eigenvalue weighted by atomic mass is 19.4. The zero-order valence-electron chi connectivity index (χ0n) is 15.3. The molecule has 4 nitrogen and oxygen atoms in total. The molecule has 1 atom stereocenters. The molecule has 0 fully saturated rings. The fraction of sp³-hybridized carbons (Fsp3) is 0.136. The van der Waals surface area contributed by atoms with Gasteiger partial charge in [-0.05, 0) is 17.7 Å². The second-order valence-electron chi connectivity index (χ2n) is 6.29. The van der Waals surface area contributed by atoms with E-state index in [0.29, 0.717) is 5.56 Å². The van der Waals surface area contributed by atoms with Crippen molar-refractivity contribution in [2.24, 2.45) is 0 Å². The number of alkyl carbamates (subject to hydrolysis) is 1.